The molecule has 3 amide bonds. The molecule has 36 heavy (non-hydrogen) atoms. The molecule has 0 spiro atoms. The molecule has 0 unspecified atom stereocenters. The van der Waals surface area contributed by atoms with Crippen LogP contribution in [0.25, 0.3) is 0 Å². The van der Waals surface area contributed by atoms with Crippen molar-refractivity contribution < 1.29 is 14.0 Å². The van der Waals surface area contributed by atoms with Crippen molar-refractivity contribution in [3.63, 3.8) is 0 Å². The molecule has 1 aromatic heterocycles. The van der Waals surface area contributed by atoms with Crippen LogP contribution < -0.4 is 5.32 Å². The summed E-state index contributed by atoms with van der Waals surface area (Å²) in [6.45, 7) is 6.04. The molecule has 190 valence electrons. The van der Waals surface area contributed by atoms with Crippen molar-refractivity contribution in [2.75, 3.05) is 38.0 Å². The maximum Gasteiger partial charge on any atom is 0.322 e. The highest BCUT2D eigenvalue weighted by atomic mass is 32.1. The minimum atomic E-state index is -0.309. The SMILES string of the molecule is Cc1ccsc1CN(Cc1ccc(F)cc1)C(=O)CN(CCN1CCCC1)C(=O)Nc1ccccc1. The van der Waals surface area contributed by atoms with Gasteiger partial charge in [0.05, 0.1) is 6.54 Å². The Morgan fingerprint density at radius 2 is 1.69 bits per heavy atom. The number of likely N-dealkylation sites (tertiary alicyclic amines) is 1. The van der Waals surface area contributed by atoms with Crippen LogP contribution in [0.2, 0.25) is 0 Å². The van der Waals surface area contributed by atoms with Gasteiger partial charge in [0.1, 0.15) is 12.4 Å². The van der Waals surface area contributed by atoms with Gasteiger partial charge in [0, 0.05) is 30.2 Å². The van der Waals surface area contributed by atoms with Crippen LogP contribution in [0.4, 0.5) is 14.9 Å². The molecule has 1 aliphatic heterocycles. The van der Waals surface area contributed by atoms with Gasteiger partial charge < -0.3 is 20.0 Å². The van der Waals surface area contributed by atoms with E-state index >= 15 is 0 Å². The predicted octanol–water partition coefficient (Wildman–Crippen LogP) is 5.35. The molecule has 0 saturated carbocycles. The second kappa shape index (κ2) is 12.6. The molecule has 4 rings (SSSR count). The highest BCUT2D eigenvalue weighted by Crippen LogP contribution is 2.20. The lowest BCUT2D eigenvalue weighted by atomic mass is 10.2. The number of carbonyl (C=O) groups excluding carboxylic acids is 2. The van der Waals surface area contributed by atoms with E-state index in [2.05, 4.69) is 10.2 Å². The summed E-state index contributed by atoms with van der Waals surface area (Å²) < 4.78 is 13.5. The van der Waals surface area contributed by atoms with Crippen molar-refractivity contribution in [3.05, 3.63) is 87.9 Å². The molecule has 0 radical (unpaired) electrons. The summed E-state index contributed by atoms with van der Waals surface area (Å²) in [4.78, 5) is 33.7. The molecule has 3 aromatic rings. The molecule has 6 nitrogen and oxygen atoms in total. The van der Waals surface area contributed by atoms with Crippen molar-refractivity contribution in [3.8, 4) is 0 Å². The number of amides is 3. The molecule has 8 heteroatoms. The quantitative estimate of drug-likeness (QED) is 0.401. The van der Waals surface area contributed by atoms with Crippen molar-refractivity contribution in [2.45, 2.75) is 32.9 Å². The monoisotopic (exact) mass is 508 g/mol. The van der Waals surface area contributed by atoms with Crippen molar-refractivity contribution >= 4 is 29.0 Å². The minimum absolute atomic E-state index is 0.0296. The third-order valence-corrected chi connectivity index (χ3v) is 7.47. The lowest BCUT2D eigenvalue weighted by molar-refractivity contribution is -0.133. The predicted molar refractivity (Wildman–Crippen MR) is 142 cm³/mol. The molecule has 1 saturated heterocycles. The Hall–Kier alpha value is -3.23. The maximum absolute atomic E-state index is 13.6. The molecule has 0 atom stereocenters. The fraction of sp³-hybridized carbons (Fsp3) is 0.357. The van der Waals surface area contributed by atoms with Crippen LogP contribution in [0.5, 0.6) is 0 Å². The zero-order chi connectivity index (χ0) is 25.3. The highest BCUT2D eigenvalue weighted by molar-refractivity contribution is 7.10. The van der Waals surface area contributed by atoms with Crippen LogP contribution in [0, 0.1) is 12.7 Å². The Bertz CT molecular complexity index is 1130. The number of benzene rings is 2. The number of hydrogen-bond acceptors (Lipinski definition) is 4. The van der Waals surface area contributed by atoms with Crippen LogP contribution in [0.1, 0.15) is 28.8 Å². The first-order chi connectivity index (χ1) is 17.5. The number of hydrogen-bond donors (Lipinski definition) is 1. The number of aryl methyl sites for hydroxylation is 1. The third kappa shape index (κ3) is 7.38. The number of thiophene rings is 1. The number of anilines is 1. The third-order valence-electron chi connectivity index (χ3n) is 6.47. The van der Waals surface area contributed by atoms with Crippen LogP contribution in [0.15, 0.2) is 66.0 Å². The first kappa shape index (κ1) is 25.9. The van der Waals surface area contributed by atoms with Crippen molar-refractivity contribution in [2.24, 2.45) is 0 Å². The Morgan fingerprint density at radius 3 is 2.36 bits per heavy atom. The van der Waals surface area contributed by atoms with Crippen molar-refractivity contribution in [1.29, 1.82) is 0 Å². The molecule has 1 aliphatic rings. The Labute approximate surface area is 216 Å². The van der Waals surface area contributed by atoms with Crippen molar-refractivity contribution in [1.82, 2.24) is 14.7 Å². The second-order valence-corrected chi connectivity index (χ2v) is 10.2. The van der Waals surface area contributed by atoms with E-state index in [0.717, 1.165) is 35.6 Å². The van der Waals surface area contributed by atoms with Gasteiger partial charge >= 0.3 is 6.03 Å². The van der Waals surface area contributed by atoms with E-state index in [4.69, 9.17) is 0 Å². The van der Waals surface area contributed by atoms with E-state index in [9.17, 15) is 14.0 Å². The Kier molecular flexibility index (Phi) is 9.08. The number of halogens is 1. The average molecular weight is 509 g/mol. The summed E-state index contributed by atoms with van der Waals surface area (Å²) >= 11 is 1.61. The van der Waals surface area contributed by atoms with Crippen LogP contribution in [0.3, 0.4) is 0 Å². The molecule has 0 aliphatic carbocycles. The van der Waals surface area contributed by atoms with Crippen LogP contribution in [-0.2, 0) is 17.9 Å². The normalized spacial score (nSPS) is 13.5. The number of nitrogens with one attached hydrogen (secondary N) is 1. The van der Waals surface area contributed by atoms with E-state index in [1.807, 2.05) is 48.7 Å². The minimum Gasteiger partial charge on any atom is -0.332 e. The first-order valence-corrected chi connectivity index (χ1v) is 13.2. The van der Waals surface area contributed by atoms with Gasteiger partial charge in [-0.2, -0.15) is 0 Å². The van der Waals surface area contributed by atoms with Gasteiger partial charge in [-0.1, -0.05) is 30.3 Å². The Balaban J connectivity index is 1.50. The van der Waals surface area contributed by atoms with E-state index < -0.39 is 0 Å². The summed E-state index contributed by atoms with van der Waals surface area (Å²) in [6, 6.07) is 17.2. The number of rotatable bonds is 10. The van der Waals surface area contributed by atoms with Gasteiger partial charge in [-0.3, -0.25) is 4.79 Å². The van der Waals surface area contributed by atoms with Gasteiger partial charge in [-0.15, -0.1) is 11.3 Å². The smallest absolute Gasteiger partial charge is 0.322 e. The summed E-state index contributed by atoms with van der Waals surface area (Å²) in [5.41, 5.74) is 2.67. The Morgan fingerprint density at radius 1 is 0.972 bits per heavy atom. The van der Waals surface area contributed by atoms with Gasteiger partial charge in [0.2, 0.25) is 5.91 Å². The standard InChI is InChI=1S/C28H33FN4O2S/c1-22-13-18-36-26(22)20-33(19-23-9-11-24(29)12-10-23)27(34)21-32(17-16-31-14-5-6-15-31)28(35)30-25-7-3-2-4-8-25/h2-4,7-13,18H,5-6,14-17,19-21H2,1H3,(H,30,35). The molecule has 2 heterocycles. The van der Waals surface area contributed by atoms with E-state index in [0.29, 0.717) is 25.3 Å². The summed E-state index contributed by atoms with van der Waals surface area (Å²) in [5.74, 6) is -0.451. The topological polar surface area (TPSA) is 55.9 Å². The van der Waals surface area contributed by atoms with Gasteiger partial charge in [0.25, 0.3) is 0 Å². The lowest BCUT2D eigenvalue weighted by Gasteiger charge is -2.29. The number of carbonyl (C=O) groups is 2. The molecular formula is C28H33FN4O2S. The van der Waals surface area contributed by atoms with Crippen LogP contribution >= 0.6 is 11.3 Å². The molecule has 2 aromatic carbocycles. The van der Waals surface area contributed by atoms with Gasteiger partial charge in [0.15, 0.2) is 0 Å². The van der Waals surface area contributed by atoms with Gasteiger partial charge in [-0.05, 0) is 79.7 Å². The second-order valence-electron chi connectivity index (χ2n) is 9.17. The summed E-state index contributed by atoms with van der Waals surface area (Å²) in [5, 5.41) is 4.95. The number of para-hydroxylation sites is 1. The highest BCUT2D eigenvalue weighted by Gasteiger charge is 2.24. The zero-order valence-corrected chi connectivity index (χ0v) is 21.5. The fourth-order valence-corrected chi connectivity index (χ4v) is 5.21. The number of nitrogens with zero attached hydrogens (tertiary/aromatic N) is 3. The zero-order valence-electron chi connectivity index (χ0n) is 20.7. The first-order valence-electron chi connectivity index (χ1n) is 12.4. The average Bonchev–Trinajstić information content (AvgIpc) is 3.55. The largest absolute Gasteiger partial charge is 0.332 e. The number of urea groups is 1. The van der Waals surface area contributed by atoms with Crippen LogP contribution in [-0.4, -0.2) is 59.4 Å². The van der Waals surface area contributed by atoms with E-state index in [-0.39, 0.29) is 24.3 Å². The fourth-order valence-electron chi connectivity index (χ4n) is 4.29. The van der Waals surface area contributed by atoms with E-state index in [1.54, 1.807) is 33.3 Å². The molecule has 0 bridgehead atoms. The maximum atomic E-state index is 13.6. The molecular weight excluding hydrogens is 475 g/mol. The summed E-state index contributed by atoms with van der Waals surface area (Å²) in [6.07, 6.45) is 2.33. The molecule has 1 fully saturated rings. The van der Waals surface area contributed by atoms with Gasteiger partial charge in [-0.25, -0.2) is 9.18 Å². The van der Waals surface area contributed by atoms with E-state index in [1.165, 1.54) is 25.0 Å². The summed E-state index contributed by atoms with van der Waals surface area (Å²) in [7, 11) is 0. The molecule has 1 N–H and O–H groups in total. The lowest BCUT2D eigenvalue weighted by Crippen LogP contribution is -2.46.